The Balaban J connectivity index is 1.48. The van der Waals surface area contributed by atoms with Crippen LogP contribution in [-0.2, 0) is 4.79 Å². The van der Waals surface area contributed by atoms with E-state index in [1.54, 1.807) is 54.6 Å². The Hall–Kier alpha value is -4.13. The zero-order chi connectivity index (χ0) is 22.9. The fourth-order valence-electron chi connectivity index (χ4n) is 3.02. The summed E-state index contributed by atoms with van der Waals surface area (Å²) < 4.78 is 0. The number of anilines is 3. The van der Waals surface area contributed by atoms with Crippen LogP contribution in [0.25, 0.3) is 0 Å². The summed E-state index contributed by atoms with van der Waals surface area (Å²) in [6, 6.07) is 21.2. The Bertz CT molecular complexity index is 1090. The van der Waals surface area contributed by atoms with Gasteiger partial charge in [-0.15, -0.1) is 0 Å². The smallest absolute Gasteiger partial charge is 0.255 e. The van der Waals surface area contributed by atoms with Gasteiger partial charge in [0.25, 0.3) is 11.8 Å². The third kappa shape index (κ3) is 6.43. The van der Waals surface area contributed by atoms with E-state index >= 15 is 0 Å². The average Bonchev–Trinajstić information content (AvgIpc) is 2.79. The van der Waals surface area contributed by atoms with Crippen molar-refractivity contribution in [2.24, 2.45) is 0 Å². The molecule has 7 heteroatoms. The predicted molar refractivity (Wildman–Crippen MR) is 127 cm³/mol. The lowest BCUT2D eigenvalue weighted by atomic mass is 10.1. The molecule has 7 nitrogen and oxygen atoms in total. The quantitative estimate of drug-likeness (QED) is 0.433. The average molecular weight is 431 g/mol. The van der Waals surface area contributed by atoms with Crippen molar-refractivity contribution in [1.82, 2.24) is 5.32 Å². The van der Waals surface area contributed by atoms with Crippen molar-refractivity contribution in [2.45, 2.75) is 13.8 Å². The topological polar surface area (TPSA) is 99.3 Å². The molecule has 3 amide bonds. The first-order chi connectivity index (χ1) is 15.4. The van der Waals surface area contributed by atoms with Crippen molar-refractivity contribution in [2.75, 3.05) is 29.0 Å². The van der Waals surface area contributed by atoms with E-state index < -0.39 is 0 Å². The van der Waals surface area contributed by atoms with E-state index in [0.717, 1.165) is 11.3 Å². The first kappa shape index (κ1) is 22.6. The van der Waals surface area contributed by atoms with Gasteiger partial charge < -0.3 is 21.3 Å². The molecule has 0 radical (unpaired) electrons. The van der Waals surface area contributed by atoms with Gasteiger partial charge in [-0.1, -0.05) is 17.7 Å². The standard InChI is InChI=1S/C25H26N4O3/c1-3-26-24(31)18-7-9-20(10-8-18)27-16-23(30)28-21-11-13-22(14-12-21)29-25(32)19-6-4-5-17(2)15-19/h4-15,27H,3,16H2,1-2H3,(H,26,31)(H,28,30)(H,29,32). The molecule has 3 aromatic rings. The summed E-state index contributed by atoms with van der Waals surface area (Å²) >= 11 is 0. The van der Waals surface area contributed by atoms with Crippen LogP contribution in [-0.4, -0.2) is 30.8 Å². The zero-order valence-corrected chi connectivity index (χ0v) is 18.1. The minimum Gasteiger partial charge on any atom is -0.376 e. The summed E-state index contributed by atoms with van der Waals surface area (Å²) in [5.74, 6) is -0.530. The minimum atomic E-state index is -0.214. The Morgan fingerprint density at radius 1 is 0.719 bits per heavy atom. The largest absolute Gasteiger partial charge is 0.376 e. The van der Waals surface area contributed by atoms with E-state index in [1.807, 2.05) is 32.0 Å². The number of benzene rings is 3. The lowest BCUT2D eigenvalue weighted by Gasteiger charge is -2.10. The summed E-state index contributed by atoms with van der Waals surface area (Å²) in [4.78, 5) is 36.3. The van der Waals surface area contributed by atoms with Gasteiger partial charge in [-0.05, 0) is 74.5 Å². The van der Waals surface area contributed by atoms with Gasteiger partial charge in [0.1, 0.15) is 0 Å². The molecular formula is C25H26N4O3. The molecule has 3 aromatic carbocycles. The van der Waals surface area contributed by atoms with Crippen molar-refractivity contribution in [3.63, 3.8) is 0 Å². The number of amides is 3. The van der Waals surface area contributed by atoms with Crippen LogP contribution in [0.1, 0.15) is 33.2 Å². The Morgan fingerprint density at radius 3 is 1.97 bits per heavy atom. The SMILES string of the molecule is CCNC(=O)c1ccc(NCC(=O)Nc2ccc(NC(=O)c3cccc(C)c3)cc2)cc1. The van der Waals surface area contributed by atoms with Gasteiger partial charge in [0.15, 0.2) is 0 Å². The highest BCUT2D eigenvalue weighted by Gasteiger charge is 2.08. The first-order valence-corrected chi connectivity index (χ1v) is 10.3. The van der Waals surface area contributed by atoms with E-state index in [0.29, 0.717) is 29.0 Å². The van der Waals surface area contributed by atoms with Crippen LogP contribution in [0.15, 0.2) is 72.8 Å². The van der Waals surface area contributed by atoms with Crippen molar-refractivity contribution >= 4 is 34.8 Å². The molecule has 0 aromatic heterocycles. The maximum Gasteiger partial charge on any atom is 0.255 e. The van der Waals surface area contributed by atoms with Gasteiger partial charge in [0.2, 0.25) is 5.91 Å². The number of aryl methyl sites for hydroxylation is 1. The maximum atomic E-state index is 12.3. The molecule has 0 bridgehead atoms. The molecule has 0 aliphatic carbocycles. The Kier molecular flexibility index (Phi) is 7.59. The number of nitrogens with one attached hydrogen (secondary N) is 4. The molecule has 3 rings (SSSR count). The fourth-order valence-corrected chi connectivity index (χ4v) is 3.02. The molecule has 0 fully saturated rings. The number of rotatable bonds is 8. The van der Waals surface area contributed by atoms with Crippen LogP contribution in [0, 0.1) is 6.92 Å². The second-order valence-electron chi connectivity index (χ2n) is 7.24. The van der Waals surface area contributed by atoms with Gasteiger partial charge in [0.05, 0.1) is 6.54 Å². The molecule has 0 heterocycles. The fraction of sp³-hybridized carbons (Fsp3) is 0.160. The zero-order valence-electron chi connectivity index (χ0n) is 18.1. The van der Waals surface area contributed by atoms with E-state index in [1.165, 1.54) is 0 Å². The Labute approximate surface area is 187 Å². The lowest BCUT2D eigenvalue weighted by Crippen LogP contribution is -2.23. The normalized spacial score (nSPS) is 10.2. The highest BCUT2D eigenvalue weighted by atomic mass is 16.2. The van der Waals surface area contributed by atoms with E-state index in [2.05, 4.69) is 21.3 Å². The second-order valence-corrected chi connectivity index (χ2v) is 7.24. The summed E-state index contributed by atoms with van der Waals surface area (Å²) in [7, 11) is 0. The predicted octanol–water partition coefficient (Wildman–Crippen LogP) is 4.05. The highest BCUT2D eigenvalue weighted by molar-refractivity contribution is 6.04. The summed E-state index contributed by atoms with van der Waals surface area (Å²) in [6.45, 7) is 4.44. The van der Waals surface area contributed by atoms with E-state index in [-0.39, 0.29) is 24.3 Å². The monoisotopic (exact) mass is 430 g/mol. The van der Waals surface area contributed by atoms with Gasteiger partial charge in [0, 0.05) is 34.7 Å². The number of carbonyl (C=O) groups excluding carboxylic acids is 3. The van der Waals surface area contributed by atoms with Crippen LogP contribution in [0.4, 0.5) is 17.1 Å². The van der Waals surface area contributed by atoms with Crippen LogP contribution < -0.4 is 21.3 Å². The Morgan fingerprint density at radius 2 is 1.34 bits per heavy atom. The van der Waals surface area contributed by atoms with Crippen LogP contribution >= 0.6 is 0 Å². The van der Waals surface area contributed by atoms with Gasteiger partial charge in [-0.3, -0.25) is 14.4 Å². The molecule has 4 N–H and O–H groups in total. The number of carbonyl (C=O) groups is 3. The molecule has 0 unspecified atom stereocenters. The van der Waals surface area contributed by atoms with Gasteiger partial charge in [-0.25, -0.2) is 0 Å². The maximum absolute atomic E-state index is 12.3. The molecule has 0 aliphatic rings. The summed E-state index contributed by atoms with van der Waals surface area (Å²) in [6.07, 6.45) is 0. The van der Waals surface area contributed by atoms with Gasteiger partial charge in [-0.2, -0.15) is 0 Å². The minimum absolute atomic E-state index is 0.0757. The van der Waals surface area contributed by atoms with Gasteiger partial charge >= 0.3 is 0 Å². The summed E-state index contributed by atoms with van der Waals surface area (Å²) in [5.41, 5.74) is 4.17. The van der Waals surface area contributed by atoms with E-state index in [9.17, 15) is 14.4 Å². The second kappa shape index (κ2) is 10.8. The van der Waals surface area contributed by atoms with Crippen LogP contribution in [0.3, 0.4) is 0 Å². The molecule has 0 aliphatic heterocycles. The number of hydrogen-bond acceptors (Lipinski definition) is 4. The molecule has 164 valence electrons. The number of hydrogen-bond donors (Lipinski definition) is 4. The van der Waals surface area contributed by atoms with Crippen molar-refractivity contribution in [1.29, 1.82) is 0 Å². The molecule has 0 spiro atoms. The molecule has 0 saturated carbocycles. The van der Waals surface area contributed by atoms with Crippen LogP contribution in [0.2, 0.25) is 0 Å². The lowest BCUT2D eigenvalue weighted by molar-refractivity contribution is -0.114. The van der Waals surface area contributed by atoms with Crippen molar-refractivity contribution in [3.8, 4) is 0 Å². The summed E-state index contributed by atoms with van der Waals surface area (Å²) in [5, 5.41) is 11.4. The third-order valence-electron chi connectivity index (χ3n) is 4.64. The molecule has 0 saturated heterocycles. The third-order valence-corrected chi connectivity index (χ3v) is 4.64. The highest BCUT2D eigenvalue weighted by Crippen LogP contribution is 2.15. The molecular weight excluding hydrogens is 404 g/mol. The van der Waals surface area contributed by atoms with Crippen molar-refractivity contribution in [3.05, 3.63) is 89.5 Å². The molecule has 32 heavy (non-hydrogen) atoms. The van der Waals surface area contributed by atoms with E-state index in [4.69, 9.17) is 0 Å². The van der Waals surface area contributed by atoms with Crippen molar-refractivity contribution < 1.29 is 14.4 Å². The molecule has 0 atom stereocenters. The van der Waals surface area contributed by atoms with Crippen LogP contribution in [0.5, 0.6) is 0 Å². The first-order valence-electron chi connectivity index (χ1n) is 10.3.